The van der Waals surface area contributed by atoms with Gasteiger partial charge in [0.15, 0.2) is 5.82 Å². The number of nitrogens with zero attached hydrogens (tertiary/aromatic N) is 4. The second kappa shape index (κ2) is 5.67. The van der Waals surface area contributed by atoms with Crippen LogP contribution >= 0.6 is 22.6 Å². The van der Waals surface area contributed by atoms with Gasteiger partial charge in [0.05, 0.1) is 14.8 Å². The predicted molar refractivity (Wildman–Crippen MR) is 89.8 cm³/mol. The van der Waals surface area contributed by atoms with E-state index in [1.807, 2.05) is 24.1 Å². The van der Waals surface area contributed by atoms with Crippen molar-refractivity contribution in [2.75, 3.05) is 11.9 Å². The van der Waals surface area contributed by atoms with Crippen molar-refractivity contribution in [3.63, 3.8) is 0 Å². The number of rotatable bonds is 3. The third-order valence-corrected chi connectivity index (χ3v) is 3.66. The molecular weight excluding hydrogens is 365 g/mol. The van der Waals surface area contributed by atoms with Gasteiger partial charge >= 0.3 is 0 Å². The molecule has 20 heavy (non-hydrogen) atoms. The van der Waals surface area contributed by atoms with E-state index in [1.165, 1.54) is 0 Å². The van der Waals surface area contributed by atoms with Crippen molar-refractivity contribution in [2.24, 2.45) is 7.05 Å². The molecule has 0 spiro atoms. The normalized spacial score (nSPS) is 11.7. The summed E-state index contributed by atoms with van der Waals surface area (Å²) in [5, 5.41) is 7.84. The Morgan fingerprint density at radius 3 is 2.65 bits per heavy atom. The maximum Gasteiger partial charge on any atom is 0.165 e. The summed E-state index contributed by atoms with van der Waals surface area (Å²) in [6.07, 6.45) is 3.83. The summed E-state index contributed by atoms with van der Waals surface area (Å²) < 4.78 is 2.85. The zero-order valence-corrected chi connectivity index (χ0v) is 14.7. The highest BCUT2D eigenvalue weighted by Gasteiger charge is 2.24. The van der Waals surface area contributed by atoms with Gasteiger partial charge in [0.25, 0.3) is 0 Å². The average Bonchev–Trinajstić information content (AvgIpc) is 2.74. The maximum atomic E-state index is 4.64. The molecule has 2 rings (SSSR count). The maximum absolute atomic E-state index is 4.64. The molecule has 0 unspecified atom stereocenters. The number of anilines is 1. The van der Waals surface area contributed by atoms with Crippen molar-refractivity contribution in [1.82, 2.24) is 19.7 Å². The fourth-order valence-corrected chi connectivity index (χ4v) is 2.44. The highest BCUT2D eigenvalue weighted by molar-refractivity contribution is 14.1. The van der Waals surface area contributed by atoms with Crippen LogP contribution in [0.4, 0.5) is 5.82 Å². The van der Waals surface area contributed by atoms with E-state index in [2.05, 4.69) is 70.7 Å². The van der Waals surface area contributed by atoms with Gasteiger partial charge in [-0.15, -0.1) is 0 Å². The number of hydrogen-bond acceptors (Lipinski definition) is 4. The standard InChI is InChI=1S/C14H20IN5/c1-6-16-13-10(15)7-17-12(18-13)9-8-20(5)19-11(9)14(2,3)4/h7-8H,6H2,1-5H3,(H,16,17,18). The van der Waals surface area contributed by atoms with E-state index >= 15 is 0 Å². The number of halogens is 1. The van der Waals surface area contributed by atoms with Gasteiger partial charge in [-0.25, -0.2) is 9.97 Å². The van der Waals surface area contributed by atoms with E-state index in [9.17, 15) is 0 Å². The largest absolute Gasteiger partial charge is 0.369 e. The lowest BCUT2D eigenvalue weighted by atomic mass is 9.89. The van der Waals surface area contributed by atoms with Gasteiger partial charge in [-0.3, -0.25) is 4.68 Å². The molecule has 108 valence electrons. The molecule has 0 aliphatic heterocycles. The quantitative estimate of drug-likeness (QED) is 0.825. The molecule has 0 fully saturated rings. The van der Waals surface area contributed by atoms with Gasteiger partial charge in [-0.2, -0.15) is 5.10 Å². The van der Waals surface area contributed by atoms with Crippen LogP contribution in [0.3, 0.4) is 0 Å². The van der Waals surface area contributed by atoms with Crippen LogP contribution in [0.25, 0.3) is 11.4 Å². The van der Waals surface area contributed by atoms with Gasteiger partial charge < -0.3 is 5.32 Å². The first-order valence-electron chi connectivity index (χ1n) is 6.64. The number of nitrogens with one attached hydrogen (secondary N) is 1. The van der Waals surface area contributed by atoms with Gasteiger partial charge in [-0.05, 0) is 29.5 Å². The highest BCUT2D eigenvalue weighted by atomic mass is 127. The van der Waals surface area contributed by atoms with Crippen LogP contribution in [0.5, 0.6) is 0 Å². The van der Waals surface area contributed by atoms with Crippen LogP contribution in [0.2, 0.25) is 0 Å². The minimum atomic E-state index is -0.0404. The molecular formula is C14H20IN5. The van der Waals surface area contributed by atoms with Crippen LogP contribution in [0.15, 0.2) is 12.4 Å². The molecule has 0 aliphatic carbocycles. The first-order chi connectivity index (χ1) is 9.32. The molecule has 2 aromatic heterocycles. The molecule has 1 N–H and O–H groups in total. The Bertz CT molecular complexity index is 613. The highest BCUT2D eigenvalue weighted by Crippen LogP contribution is 2.30. The van der Waals surface area contributed by atoms with Crippen molar-refractivity contribution in [1.29, 1.82) is 0 Å². The first-order valence-corrected chi connectivity index (χ1v) is 7.71. The van der Waals surface area contributed by atoms with Gasteiger partial charge in [-0.1, -0.05) is 20.8 Å². The monoisotopic (exact) mass is 385 g/mol. The second-order valence-corrected chi connectivity index (χ2v) is 6.90. The molecule has 0 bridgehead atoms. The number of aryl methyl sites for hydroxylation is 1. The molecule has 5 nitrogen and oxygen atoms in total. The lowest BCUT2D eigenvalue weighted by Gasteiger charge is -2.17. The second-order valence-electron chi connectivity index (χ2n) is 5.74. The lowest BCUT2D eigenvalue weighted by molar-refractivity contribution is 0.554. The fourth-order valence-electron chi connectivity index (χ4n) is 1.99. The van der Waals surface area contributed by atoms with Crippen molar-refractivity contribution in [2.45, 2.75) is 33.1 Å². The van der Waals surface area contributed by atoms with E-state index in [0.717, 1.165) is 33.0 Å². The molecule has 0 amide bonds. The Morgan fingerprint density at radius 2 is 2.05 bits per heavy atom. The molecule has 0 radical (unpaired) electrons. The lowest BCUT2D eigenvalue weighted by Crippen LogP contribution is -2.14. The van der Waals surface area contributed by atoms with E-state index in [0.29, 0.717) is 0 Å². The molecule has 0 aromatic carbocycles. The SMILES string of the molecule is CCNc1nc(-c2cn(C)nc2C(C)(C)C)ncc1I. The smallest absolute Gasteiger partial charge is 0.165 e. The van der Waals surface area contributed by atoms with Crippen LogP contribution in [-0.4, -0.2) is 26.3 Å². The van der Waals surface area contributed by atoms with Crippen molar-refractivity contribution >= 4 is 28.4 Å². The van der Waals surface area contributed by atoms with Crippen molar-refractivity contribution in [3.05, 3.63) is 21.7 Å². The molecule has 0 atom stereocenters. The Labute approximate surface area is 133 Å². The summed E-state index contributed by atoms with van der Waals surface area (Å²) in [6, 6.07) is 0. The summed E-state index contributed by atoms with van der Waals surface area (Å²) in [6.45, 7) is 9.35. The Kier molecular flexibility index (Phi) is 4.31. The topological polar surface area (TPSA) is 55.6 Å². The zero-order valence-electron chi connectivity index (χ0n) is 12.5. The minimum absolute atomic E-state index is 0.0404. The Balaban J connectivity index is 2.54. The Hall–Kier alpha value is -1.18. The van der Waals surface area contributed by atoms with E-state index in [-0.39, 0.29) is 5.41 Å². The van der Waals surface area contributed by atoms with Gasteiger partial charge in [0, 0.05) is 31.4 Å². The van der Waals surface area contributed by atoms with Crippen molar-refractivity contribution < 1.29 is 0 Å². The fraction of sp³-hybridized carbons (Fsp3) is 0.500. The average molecular weight is 385 g/mol. The molecule has 0 saturated carbocycles. The molecule has 2 heterocycles. The van der Waals surface area contributed by atoms with Crippen LogP contribution < -0.4 is 5.32 Å². The first kappa shape index (κ1) is 15.2. The summed E-state index contributed by atoms with van der Waals surface area (Å²) in [4.78, 5) is 9.10. The summed E-state index contributed by atoms with van der Waals surface area (Å²) >= 11 is 2.24. The number of aromatic nitrogens is 4. The summed E-state index contributed by atoms with van der Waals surface area (Å²) in [5.41, 5.74) is 1.97. The van der Waals surface area contributed by atoms with Gasteiger partial charge in [0.2, 0.25) is 0 Å². The Morgan fingerprint density at radius 1 is 1.35 bits per heavy atom. The summed E-state index contributed by atoms with van der Waals surface area (Å²) in [7, 11) is 1.93. The third kappa shape index (κ3) is 3.11. The molecule has 0 aliphatic rings. The summed E-state index contributed by atoms with van der Waals surface area (Å²) in [5.74, 6) is 1.60. The third-order valence-electron chi connectivity index (χ3n) is 2.87. The molecule has 6 heteroatoms. The van der Waals surface area contributed by atoms with Crippen LogP contribution in [0.1, 0.15) is 33.4 Å². The molecule has 0 saturated heterocycles. The van der Waals surface area contributed by atoms with E-state index in [4.69, 9.17) is 0 Å². The van der Waals surface area contributed by atoms with Crippen molar-refractivity contribution in [3.8, 4) is 11.4 Å². The number of hydrogen-bond donors (Lipinski definition) is 1. The predicted octanol–water partition coefficient (Wildman–Crippen LogP) is 3.21. The van der Waals surface area contributed by atoms with Gasteiger partial charge in [0.1, 0.15) is 5.82 Å². The van der Waals surface area contributed by atoms with Crippen LogP contribution in [0, 0.1) is 3.57 Å². The van der Waals surface area contributed by atoms with E-state index in [1.54, 1.807) is 0 Å². The zero-order chi connectivity index (χ0) is 14.9. The minimum Gasteiger partial charge on any atom is -0.369 e. The molecule has 2 aromatic rings. The van der Waals surface area contributed by atoms with Crippen LogP contribution in [-0.2, 0) is 12.5 Å². The van der Waals surface area contributed by atoms with E-state index < -0.39 is 0 Å².